The molecule has 8 heteroatoms. The Hall–Kier alpha value is -2.25. The van der Waals surface area contributed by atoms with Gasteiger partial charge in [-0.05, 0) is 81.5 Å². The molecule has 3 aliphatic rings. The molecular weight excluding hydrogens is 460 g/mol. The number of amides is 2. The van der Waals surface area contributed by atoms with Gasteiger partial charge in [0, 0.05) is 30.0 Å². The zero-order valence-corrected chi connectivity index (χ0v) is 22.4. The van der Waals surface area contributed by atoms with E-state index in [1.807, 2.05) is 6.92 Å². The third-order valence-electron chi connectivity index (χ3n) is 8.56. The molecule has 204 valence electrons. The van der Waals surface area contributed by atoms with Gasteiger partial charge in [-0.1, -0.05) is 27.4 Å². The predicted molar refractivity (Wildman–Crippen MR) is 137 cm³/mol. The van der Waals surface area contributed by atoms with Gasteiger partial charge in [0.1, 0.15) is 0 Å². The normalized spacial score (nSPS) is 32.6. The van der Waals surface area contributed by atoms with Gasteiger partial charge in [0.25, 0.3) is 0 Å². The molecule has 0 aliphatic heterocycles. The minimum absolute atomic E-state index is 0.00803. The second-order valence-electron chi connectivity index (χ2n) is 11.9. The number of nitrogens with one attached hydrogen (secondary N) is 2. The van der Waals surface area contributed by atoms with Gasteiger partial charge in [0.15, 0.2) is 0 Å². The number of alkyl carbamates (subject to hydrolysis) is 2. The molecule has 3 rings (SSSR count). The van der Waals surface area contributed by atoms with Crippen LogP contribution in [0.4, 0.5) is 9.59 Å². The summed E-state index contributed by atoms with van der Waals surface area (Å²) in [4.78, 5) is 35.2. The van der Waals surface area contributed by atoms with E-state index in [-0.39, 0.29) is 23.0 Å². The molecule has 0 radical (unpaired) electrons. The molecule has 2 amide bonds. The van der Waals surface area contributed by atoms with Crippen molar-refractivity contribution < 1.29 is 28.6 Å². The molecule has 6 atom stereocenters. The number of hydrogen-bond donors (Lipinski definition) is 2. The predicted octanol–water partition coefficient (Wildman–Crippen LogP) is 5.22. The summed E-state index contributed by atoms with van der Waals surface area (Å²) in [5, 5.41) is 5.61. The molecule has 6 unspecified atom stereocenters. The van der Waals surface area contributed by atoms with Crippen LogP contribution in [0.15, 0.2) is 12.7 Å². The second-order valence-corrected chi connectivity index (χ2v) is 11.9. The standard InChI is InChI=1S/C28H46N2O6/c1-5-11-29-25(32)35-18-27(3)10-9-22-20-14-21(23(22)17-27)16-28(4,15-20)19-36-26(33)30-12-7-8-13-34-24(31)6-2/h6,20-23H,2,5,7-19H2,1,3-4H3,(H,29,32)(H,30,33). The SMILES string of the molecule is C=CC(=O)OCCCCNC(=O)OCC1(C)CC2CC(C1)C1CC(C)(COC(=O)NCCC)CCC21. The summed E-state index contributed by atoms with van der Waals surface area (Å²) < 4.78 is 16.2. The summed E-state index contributed by atoms with van der Waals surface area (Å²) in [7, 11) is 0. The summed E-state index contributed by atoms with van der Waals surface area (Å²) in [5.74, 6) is 2.33. The van der Waals surface area contributed by atoms with Crippen LogP contribution in [0.2, 0.25) is 0 Å². The first-order valence-corrected chi connectivity index (χ1v) is 13.8. The highest BCUT2D eigenvalue weighted by Crippen LogP contribution is 2.62. The summed E-state index contributed by atoms with van der Waals surface area (Å²) in [6.45, 7) is 12.3. The van der Waals surface area contributed by atoms with Crippen LogP contribution in [0.3, 0.4) is 0 Å². The fourth-order valence-electron chi connectivity index (χ4n) is 6.92. The quantitative estimate of drug-likeness (QED) is 0.163. The first-order valence-electron chi connectivity index (χ1n) is 13.8. The topological polar surface area (TPSA) is 103 Å². The van der Waals surface area contributed by atoms with Crippen LogP contribution in [-0.2, 0) is 19.0 Å². The van der Waals surface area contributed by atoms with E-state index in [1.54, 1.807) is 0 Å². The molecule has 0 aromatic rings. The van der Waals surface area contributed by atoms with Crippen molar-refractivity contribution in [1.82, 2.24) is 10.6 Å². The number of unbranched alkanes of at least 4 members (excludes halogenated alkanes) is 1. The fourth-order valence-corrected chi connectivity index (χ4v) is 6.92. The molecule has 0 saturated heterocycles. The van der Waals surface area contributed by atoms with Crippen LogP contribution in [0.25, 0.3) is 0 Å². The lowest BCUT2D eigenvalue weighted by atomic mass is 9.65. The summed E-state index contributed by atoms with van der Waals surface area (Å²) >= 11 is 0. The van der Waals surface area contributed by atoms with Gasteiger partial charge in [0.05, 0.1) is 19.8 Å². The van der Waals surface area contributed by atoms with Gasteiger partial charge >= 0.3 is 18.2 Å². The van der Waals surface area contributed by atoms with Crippen molar-refractivity contribution >= 4 is 18.2 Å². The largest absolute Gasteiger partial charge is 0.463 e. The zero-order valence-electron chi connectivity index (χ0n) is 22.4. The van der Waals surface area contributed by atoms with Gasteiger partial charge in [0.2, 0.25) is 0 Å². The third-order valence-corrected chi connectivity index (χ3v) is 8.56. The molecular formula is C28H46N2O6. The average Bonchev–Trinajstić information content (AvgIpc) is 3.11. The smallest absolute Gasteiger partial charge is 0.407 e. The molecule has 0 aromatic heterocycles. The molecule has 3 saturated carbocycles. The minimum Gasteiger partial charge on any atom is -0.463 e. The van der Waals surface area contributed by atoms with E-state index in [1.165, 1.54) is 12.8 Å². The van der Waals surface area contributed by atoms with E-state index in [4.69, 9.17) is 14.2 Å². The Morgan fingerprint density at radius 3 is 2.19 bits per heavy atom. The summed E-state index contributed by atoms with van der Waals surface area (Å²) in [6.07, 6.45) is 9.64. The van der Waals surface area contributed by atoms with Gasteiger partial charge in [-0.3, -0.25) is 0 Å². The third kappa shape index (κ3) is 7.87. The molecule has 2 N–H and O–H groups in total. The Balaban J connectivity index is 1.40. The zero-order chi connectivity index (χ0) is 26.2. The maximum Gasteiger partial charge on any atom is 0.407 e. The second kappa shape index (κ2) is 12.8. The number of esters is 1. The number of ether oxygens (including phenoxy) is 3. The van der Waals surface area contributed by atoms with Crippen molar-refractivity contribution in [1.29, 1.82) is 0 Å². The monoisotopic (exact) mass is 506 g/mol. The minimum atomic E-state index is -0.426. The molecule has 0 heterocycles. The Labute approximate surface area is 216 Å². The van der Waals surface area contributed by atoms with Gasteiger partial charge < -0.3 is 24.8 Å². The Morgan fingerprint density at radius 2 is 1.53 bits per heavy atom. The maximum atomic E-state index is 12.2. The Morgan fingerprint density at radius 1 is 0.889 bits per heavy atom. The van der Waals surface area contributed by atoms with Crippen molar-refractivity contribution in [3.63, 3.8) is 0 Å². The van der Waals surface area contributed by atoms with Crippen molar-refractivity contribution in [3.05, 3.63) is 12.7 Å². The highest BCUT2D eigenvalue weighted by Gasteiger charge is 2.55. The van der Waals surface area contributed by atoms with Crippen molar-refractivity contribution in [2.45, 2.75) is 78.6 Å². The molecule has 2 bridgehead atoms. The highest BCUT2D eigenvalue weighted by atomic mass is 16.6. The lowest BCUT2D eigenvalue weighted by Gasteiger charge is -2.41. The molecule has 0 spiro atoms. The fraction of sp³-hybridized carbons (Fsp3) is 0.821. The van der Waals surface area contributed by atoms with Crippen LogP contribution >= 0.6 is 0 Å². The number of carbonyl (C=O) groups excluding carboxylic acids is 3. The van der Waals surface area contributed by atoms with Gasteiger partial charge in [-0.2, -0.15) is 0 Å². The number of carbonyl (C=O) groups is 3. The van der Waals surface area contributed by atoms with E-state index in [9.17, 15) is 14.4 Å². The van der Waals surface area contributed by atoms with Crippen molar-refractivity contribution in [2.75, 3.05) is 32.9 Å². The lowest BCUT2D eigenvalue weighted by Crippen LogP contribution is -2.38. The summed E-state index contributed by atoms with van der Waals surface area (Å²) in [5.41, 5.74) is 0.0487. The van der Waals surface area contributed by atoms with Crippen LogP contribution < -0.4 is 10.6 Å². The van der Waals surface area contributed by atoms with E-state index < -0.39 is 5.97 Å². The highest BCUT2D eigenvalue weighted by molar-refractivity contribution is 5.81. The Kier molecular flexibility index (Phi) is 10.1. The Bertz CT molecular complexity index is 788. The molecule has 8 nitrogen and oxygen atoms in total. The van der Waals surface area contributed by atoms with Crippen LogP contribution in [0, 0.1) is 34.5 Å². The van der Waals surface area contributed by atoms with Crippen LogP contribution in [0.1, 0.15) is 78.6 Å². The van der Waals surface area contributed by atoms with Gasteiger partial charge in [-0.15, -0.1) is 0 Å². The van der Waals surface area contributed by atoms with Crippen LogP contribution in [-0.4, -0.2) is 51.1 Å². The van der Waals surface area contributed by atoms with Crippen molar-refractivity contribution in [2.24, 2.45) is 34.5 Å². The molecule has 3 aliphatic carbocycles. The van der Waals surface area contributed by atoms with Gasteiger partial charge in [-0.25, -0.2) is 14.4 Å². The molecule has 3 fully saturated rings. The molecule has 0 aromatic carbocycles. The van der Waals surface area contributed by atoms with E-state index in [0.717, 1.165) is 44.1 Å². The number of hydrogen-bond acceptors (Lipinski definition) is 6. The first kappa shape index (κ1) is 28.3. The number of fused-ring (bicyclic) bond motifs is 5. The number of rotatable bonds is 12. The van der Waals surface area contributed by atoms with E-state index in [2.05, 4.69) is 31.1 Å². The lowest BCUT2D eigenvalue weighted by molar-refractivity contribution is -0.137. The van der Waals surface area contributed by atoms with E-state index >= 15 is 0 Å². The molecule has 36 heavy (non-hydrogen) atoms. The average molecular weight is 507 g/mol. The van der Waals surface area contributed by atoms with Crippen molar-refractivity contribution in [3.8, 4) is 0 Å². The summed E-state index contributed by atoms with van der Waals surface area (Å²) in [6, 6.07) is 0. The van der Waals surface area contributed by atoms with Crippen LogP contribution in [0.5, 0.6) is 0 Å². The van der Waals surface area contributed by atoms with E-state index in [0.29, 0.717) is 63.5 Å². The first-order chi connectivity index (χ1) is 17.2. The maximum absolute atomic E-state index is 12.2.